The molecule has 1 atom stereocenters. The average molecular weight is 375 g/mol. The van der Waals surface area contributed by atoms with Crippen LogP contribution < -0.4 is 10.0 Å². The Kier molecular flexibility index (Phi) is 5.36. The first kappa shape index (κ1) is 18.5. The molecule has 0 saturated heterocycles. The first-order chi connectivity index (χ1) is 12.3. The van der Waals surface area contributed by atoms with Gasteiger partial charge in [-0.05, 0) is 49.1 Å². The van der Waals surface area contributed by atoms with Crippen molar-refractivity contribution in [2.45, 2.75) is 36.8 Å². The van der Waals surface area contributed by atoms with Gasteiger partial charge < -0.3 is 10.4 Å². The van der Waals surface area contributed by atoms with E-state index in [1.165, 1.54) is 19.1 Å². The van der Waals surface area contributed by atoms with E-state index in [9.17, 15) is 18.3 Å². The molecule has 26 heavy (non-hydrogen) atoms. The number of nitrogens with one attached hydrogen (secondary N) is 2. The summed E-state index contributed by atoms with van der Waals surface area (Å²) in [4.78, 5) is 15.5. The topological polar surface area (TPSA) is 108 Å². The molecule has 1 aromatic heterocycles. The zero-order chi connectivity index (χ0) is 18.7. The van der Waals surface area contributed by atoms with Gasteiger partial charge in [0.2, 0.25) is 15.9 Å². The zero-order valence-corrected chi connectivity index (χ0v) is 15.1. The molecule has 0 radical (unpaired) electrons. The number of hydrogen-bond donors (Lipinski definition) is 3. The Bertz CT molecular complexity index is 880. The van der Waals surface area contributed by atoms with Crippen LogP contribution in [0.1, 0.15) is 31.5 Å². The Morgan fingerprint density at radius 2 is 2.00 bits per heavy atom. The van der Waals surface area contributed by atoms with Crippen LogP contribution in [0, 0.1) is 5.92 Å². The second-order valence-corrected chi connectivity index (χ2v) is 8.16. The number of aliphatic hydroxyl groups excluding tert-OH is 1. The van der Waals surface area contributed by atoms with Gasteiger partial charge in [-0.2, -0.15) is 0 Å². The highest BCUT2D eigenvalue weighted by Crippen LogP contribution is 2.38. The molecular formula is C18H21N3O4S. The lowest BCUT2D eigenvalue weighted by Gasteiger charge is -2.37. The van der Waals surface area contributed by atoms with Crippen molar-refractivity contribution in [1.82, 2.24) is 9.71 Å². The van der Waals surface area contributed by atoms with Crippen LogP contribution >= 0.6 is 0 Å². The van der Waals surface area contributed by atoms with Crippen LogP contribution in [0.15, 0.2) is 53.6 Å². The number of rotatable bonds is 6. The summed E-state index contributed by atoms with van der Waals surface area (Å²) in [6.45, 7) is 1.36. The number of benzene rings is 1. The van der Waals surface area contributed by atoms with Crippen LogP contribution in [0.3, 0.4) is 0 Å². The lowest BCUT2D eigenvalue weighted by molar-refractivity contribution is -0.114. The maximum atomic E-state index is 12.9. The predicted octanol–water partition coefficient (Wildman–Crippen LogP) is 1.83. The van der Waals surface area contributed by atoms with Crippen molar-refractivity contribution in [1.29, 1.82) is 0 Å². The largest absolute Gasteiger partial charge is 0.393 e. The average Bonchev–Trinajstić information content (AvgIpc) is 2.58. The maximum Gasteiger partial charge on any atom is 0.241 e. The van der Waals surface area contributed by atoms with Crippen molar-refractivity contribution in [3.63, 3.8) is 0 Å². The molecule has 1 aliphatic carbocycles. The van der Waals surface area contributed by atoms with Crippen LogP contribution in [-0.4, -0.2) is 30.5 Å². The van der Waals surface area contributed by atoms with E-state index in [0.717, 1.165) is 0 Å². The molecule has 7 nitrogen and oxygen atoms in total. The van der Waals surface area contributed by atoms with Crippen LogP contribution in [0.2, 0.25) is 0 Å². The van der Waals surface area contributed by atoms with E-state index in [-0.39, 0.29) is 16.7 Å². The fourth-order valence-corrected chi connectivity index (χ4v) is 4.36. The number of hydrogen-bond acceptors (Lipinski definition) is 5. The van der Waals surface area contributed by atoms with Gasteiger partial charge in [-0.1, -0.05) is 12.1 Å². The molecule has 1 amide bonds. The van der Waals surface area contributed by atoms with E-state index in [1.807, 2.05) is 0 Å². The van der Waals surface area contributed by atoms with Gasteiger partial charge in [-0.25, -0.2) is 13.1 Å². The van der Waals surface area contributed by atoms with Gasteiger partial charge in [0.15, 0.2) is 0 Å². The molecule has 0 bridgehead atoms. The van der Waals surface area contributed by atoms with Gasteiger partial charge in [0, 0.05) is 18.8 Å². The van der Waals surface area contributed by atoms with Crippen molar-refractivity contribution in [2.75, 3.05) is 5.32 Å². The third-order valence-corrected chi connectivity index (χ3v) is 5.81. The fraction of sp³-hybridized carbons (Fsp3) is 0.333. The molecule has 0 unspecified atom stereocenters. The number of anilines is 1. The monoisotopic (exact) mass is 375 g/mol. The normalized spacial score (nSPS) is 20.8. The molecule has 3 N–H and O–H groups in total. The lowest BCUT2D eigenvalue weighted by Crippen LogP contribution is -2.41. The van der Waals surface area contributed by atoms with Gasteiger partial charge >= 0.3 is 0 Å². The molecule has 3 rings (SSSR count). The maximum absolute atomic E-state index is 12.9. The molecule has 138 valence electrons. The molecule has 2 aromatic rings. The minimum atomic E-state index is -3.83. The van der Waals surface area contributed by atoms with Crippen molar-refractivity contribution >= 4 is 21.6 Å². The predicted molar refractivity (Wildman–Crippen MR) is 96.8 cm³/mol. The second kappa shape index (κ2) is 7.53. The molecule has 1 aliphatic rings. The fourth-order valence-electron chi connectivity index (χ4n) is 3.04. The smallest absolute Gasteiger partial charge is 0.241 e. The number of aromatic nitrogens is 1. The summed E-state index contributed by atoms with van der Waals surface area (Å²) in [5.74, 6) is -0.296. The molecular weight excluding hydrogens is 354 g/mol. The van der Waals surface area contributed by atoms with Crippen molar-refractivity contribution < 1.29 is 18.3 Å². The number of nitrogens with zero attached hydrogens (tertiary/aromatic N) is 1. The summed E-state index contributed by atoms with van der Waals surface area (Å²) in [6.07, 6.45) is 2.26. The highest BCUT2D eigenvalue weighted by atomic mass is 32.2. The first-order valence-corrected chi connectivity index (χ1v) is 9.82. The van der Waals surface area contributed by atoms with Crippen LogP contribution in [-0.2, 0) is 14.8 Å². The first-order valence-electron chi connectivity index (χ1n) is 8.34. The van der Waals surface area contributed by atoms with Gasteiger partial charge in [0.25, 0.3) is 0 Å². The Hall–Kier alpha value is -2.29. The molecule has 8 heteroatoms. The van der Waals surface area contributed by atoms with E-state index in [2.05, 4.69) is 15.0 Å². The second-order valence-electron chi connectivity index (χ2n) is 6.45. The van der Waals surface area contributed by atoms with E-state index in [1.54, 1.807) is 36.5 Å². The minimum Gasteiger partial charge on any atom is -0.393 e. The van der Waals surface area contributed by atoms with Crippen LogP contribution in [0.25, 0.3) is 0 Å². The third-order valence-electron chi connectivity index (χ3n) is 4.37. The van der Waals surface area contributed by atoms with E-state index >= 15 is 0 Å². The molecule has 0 aliphatic heterocycles. The number of carbonyl (C=O) groups excluding carboxylic acids is 1. The Balaban J connectivity index is 1.87. The number of carbonyl (C=O) groups is 1. The number of sulfonamides is 1. The molecule has 0 spiro atoms. The molecule has 1 aromatic carbocycles. The van der Waals surface area contributed by atoms with E-state index in [4.69, 9.17) is 0 Å². The van der Waals surface area contributed by atoms with Gasteiger partial charge in [-0.3, -0.25) is 9.78 Å². The van der Waals surface area contributed by atoms with Crippen LogP contribution in [0.4, 0.5) is 5.69 Å². The minimum absolute atomic E-state index is 0.0202. The summed E-state index contributed by atoms with van der Waals surface area (Å²) >= 11 is 0. The van der Waals surface area contributed by atoms with E-state index in [0.29, 0.717) is 24.2 Å². The van der Waals surface area contributed by atoms with Crippen molar-refractivity contribution in [3.8, 4) is 0 Å². The number of pyridine rings is 1. The zero-order valence-electron chi connectivity index (χ0n) is 14.3. The lowest BCUT2D eigenvalue weighted by atomic mass is 9.76. The van der Waals surface area contributed by atoms with Gasteiger partial charge in [-0.15, -0.1) is 0 Å². The molecule has 1 saturated carbocycles. The SMILES string of the molecule is CC(=O)Nc1cccc(S(=O)(=O)N[C@H](c2ccccn2)C2CC(O)C2)c1. The number of amides is 1. The van der Waals surface area contributed by atoms with Gasteiger partial charge in [0.1, 0.15) is 0 Å². The van der Waals surface area contributed by atoms with Crippen molar-refractivity contribution in [2.24, 2.45) is 5.92 Å². The summed E-state index contributed by atoms with van der Waals surface area (Å²) in [5.41, 5.74) is 1.03. The summed E-state index contributed by atoms with van der Waals surface area (Å²) < 4.78 is 28.4. The molecule has 1 fully saturated rings. The molecule has 1 heterocycles. The highest BCUT2D eigenvalue weighted by molar-refractivity contribution is 7.89. The van der Waals surface area contributed by atoms with E-state index < -0.39 is 22.2 Å². The Morgan fingerprint density at radius 1 is 1.23 bits per heavy atom. The Labute approximate surface area is 152 Å². The number of aliphatic hydroxyl groups is 1. The summed E-state index contributed by atoms with van der Waals surface area (Å²) in [7, 11) is -3.83. The highest BCUT2D eigenvalue weighted by Gasteiger charge is 2.37. The van der Waals surface area contributed by atoms with Crippen molar-refractivity contribution in [3.05, 3.63) is 54.4 Å². The third kappa shape index (κ3) is 4.27. The summed E-state index contributed by atoms with van der Waals surface area (Å²) in [6, 6.07) is 10.9. The quantitative estimate of drug-likeness (QED) is 0.714. The summed E-state index contributed by atoms with van der Waals surface area (Å²) in [5, 5.41) is 12.2. The van der Waals surface area contributed by atoms with Gasteiger partial charge in [0.05, 0.1) is 22.7 Å². The standard InChI is InChI=1S/C18H21N3O4S/c1-12(22)20-14-5-4-6-16(11-14)26(24,25)21-18(13-9-15(23)10-13)17-7-2-3-8-19-17/h2-8,11,13,15,18,21,23H,9-10H2,1H3,(H,20,22)/t13?,15?,18-/m0/s1. The van der Waals surface area contributed by atoms with Crippen LogP contribution in [0.5, 0.6) is 0 Å². The Morgan fingerprint density at radius 3 is 2.62 bits per heavy atom.